The van der Waals surface area contributed by atoms with Gasteiger partial charge in [0.25, 0.3) is 0 Å². The first-order valence-electron chi connectivity index (χ1n) is 7.06. The summed E-state index contributed by atoms with van der Waals surface area (Å²) in [5.41, 5.74) is 1.08. The number of rotatable bonds is 7. The Labute approximate surface area is 124 Å². The van der Waals surface area contributed by atoms with Crippen molar-refractivity contribution in [2.24, 2.45) is 0 Å². The second-order valence-corrected chi connectivity index (χ2v) is 5.75. The summed E-state index contributed by atoms with van der Waals surface area (Å²) in [7, 11) is 1.90. The van der Waals surface area contributed by atoms with Crippen LogP contribution >= 0.6 is 11.3 Å². The monoisotopic (exact) mass is 290 g/mol. The number of aryl methyl sites for hydroxylation is 1. The summed E-state index contributed by atoms with van der Waals surface area (Å²) in [4.78, 5) is 10.6. The molecular weight excluding hydrogens is 268 g/mol. The van der Waals surface area contributed by atoms with E-state index in [9.17, 15) is 0 Å². The Bertz CT molecular complexity index is 537. The first kappa shape index (κ1) is 14.8. The number of hydrogen-bond donors (Lipinski definition) is 2. The molecule has 0 aliphatic rings. The van der Waals surface area contributed by atoms with E-state index in [-0.39, 0.29) is 0 Å². The normalized spacial score (nSPS) is 10.6. The molecule has 0 bridgehead atoms. The van der Waals surface area contributed by atoms with E-state index in [1.165, 1.54) is 4.88 Å². The standard InChI is InChI=1S/C15H22N4S/c1-4-6-13-18-14(16-3)11(2)15(19-13)17-9-8-12-7-5-10-20-12/h5,7,10H,4,6,8-9H2,1-3H3,(H2,16,17,18,19). The van der Waals surface area contributed by atoms with Gasteiger partial charge in [-0.3, -0.25) is 0 Å². The van der Waals surface area contributed by atoms with Crippen LogP contribution in [0.25, 0.3) is 0 Å². The van der Waals surface area contributed by atoms with Crippen molar-refractivity contribution in [1.82, 2.24) is 9.97 Å². The topological polar surface area (TPSA) is 49.8 Å². The molecule has 0 unspecified atom stereocenters. The lowest BCUT2D eigenvalue weighted by atomic mass is 10.2. The van der Waals surface area contributed by atoms with Gasteiger partial charge in [-0.05, 0) is 31.2 Å². The molecule has 2 N–H and O–H groups in total. The van der Waals surface area contributed by atoms with Crippen LogP contribution in [0.15, 0.2) is 17.5 Å². The molecule has 0 aliphatic heterocycles. The van der Waals surface area contributed by atoms with Crippen molar-refractivity contribution in [3.05, 3.63) is 33.8 Å². The van der Waals surface area contributed by atoms with Crippen molar-refractivity contribution in [3.63, 3.8) is 0 Å². The van der Waals surface area contributed by atoms with Crippen LogP contribution in [0.4, 0.5) is 11.6 Å². The third-order valence-electron chi connectivity index (χ3n) is 3.15. The molecule has 0 amide bonds. The highest BCUT2D eigenvalue weighted by molar-refractivity contribution is 7.09. The van der Waals surface area contributed by atoms with Crippen LogP contribution in [0.3, 0.4) is 0 Å². The molecule has 2 aromatic heterocycles. The average molecular weight is 290 g/mol. The third-order valence-corrected chi connectivity index (χ3v) is 4.08. The Morgan fingerprint density at radius 3 is 2.65 bits per heavy atom. The van der Waals surface area contributed by atoms with Gasteiger partial charge in [-0.25, -0.2) is 9.97 Å². The fraction of sp³-hybridized carbons (Fsp3) is 0.467. The molecule has 2 aromatic rings. The summed E-state index contributed by atoms with van der Waals surface area (Å²) in [5, 5.41) is 8.70. The summed E-state index contributed by atoms with van der Waals surface area (Å²) < 4.78 is 0. The fourth-order valence-corrected chi connectivity index (χ4v) is 2.78. The highest BCUT2D eigenvalue weighted by Crippen LogP contribution is 2.20. The Morgan fingerprint density at radius 1 is 1.20 bits per heavy atom. The predicted molar refractivity (Wildman–Crippen MR) is 86.8 cm³/mol. The highest BCUT2D eigenvalue weighted by Gasteiger charge is 2.09. The minimum absolute atomic E-state index is 0.896. The summed E-state index contributed by atoms with van der Waals surface area (Å²) in [6, 6.07) is 4.26. The predicted octanol–water partition coefficient (Wildman–Crippen LogP) is 3.50. The molecule has 0 aliphatic carbocycles. The third kappa shape index (κ3) is 3.70. The molecule has 108 valence electrons. The Hall–Kier alpha value is -1.62. The van der Waals surface area contributed by atoms with Crippen LogP contribution in [0.1, 0.15) is 29.6 Å². The van der Waals surface area contributed by atoms with Crippen molar-refractivity contribution < 1.29 is 0 Å². The lowest BCUT2D eigenvalue weighted by Crippen LogP contribution is -2.11. The maximum absolute atomic E-state index is 4.63. The minimum Gasteiger partial charge on any atom is -0.373 e. The average Bonchev–Trinajstić information content (AvgIpc) is 2.95. The molecule has 0 atom stereocenters. The number of thiophene rings is 1. The molecule has 20 heavy (non-hydrogen) atoms. The molecule has 0 aromatic carbocycles. The highest BCUT2D eigenvalue weighted by atomic mass is 32.1. The lowest BCUT2D eigenvalue weighted by molar-refractivity contribution is 0.831. The van der Waals surface area contributed by atoms with Crippen molar-refractivity contribution in [2.45, 2.75) is 33.1 Å². The van der Waals surface area contributed by atoms with Gasteiger partial charge in [0.2, 0.25) is 0 Å². The number of nitrogens with one attached hydrogen (secondary N) is 2. The zero-order chi connectivity index (χ0) is 14.4. The first-order valence-corrected chi connectivity index (χ1v) is 7.94. The lowest BCUT2D eigenvalue weighted by Gasteiger charge is -2.13. The van der Waals surface area contributed by atoms with Crippen molar-refractivity contribution >= 4 is 23.0 Å². The number of aromatic nitrogens is 2. The van der Waals surface area contributed by atoms with Gasteiger partial charge in [0.1, 0.15) is 17.5 Å². The van der Waals surface area contributed by atoms with Gasteiger partial charge >= 0.3 is 0 Å². The maximum Gasteiger partial charge on any atom is 0.134 e. The van der Waals surface area contributed by atoms with E-state index < -0.39 is 0 Å². The van der Waals surface area contributed by atoms with Gasteiger partial charge in [-0.2, -0.15) is 0 Å². The molecule has 0 spiro atoms. The molecule has 4 nitrogen and oxygen atoms in total. The molecule has 0 fully saturated rings. The SMILES string of the molecule is CCCc1nc(NC)c(C)c(NCCc2cccs2)n1. The van der Waals surface area contributed by atoms with Crippen LogP contribution in [-0.4, -0.2) is 23.6 Å². The van der Waals surface area contributed by atoms with Crippen LogP contribution in [0, 0.1) is 6.92 Å². The largest absolute Gasteiger partial charge is 0.373 e. The number of nitrogens with zero attached hydrogens (tertiary/aromatic N) is 2. The van der Waals surface area contributed by atoms with Crippen LogP contribution in [0.5, 0.6) is 0 Å². The van der Waals surface area contributed by atoms with E-state index >= 15 is 0 Å². The zero-order valence-electron chi connectivity index (χ0n) is 12.4. The molecular formula is C15H22N4S. The van der Waals surface area contributed by atoms with E-state index in [1.807, 2.05) is 7.05 Å². The van der Waals surface area contributed by atoms with E-state index in [2.05, 4.69) is 52.0 Å². The van der Waals surface area contributed by atoms with E-state index in [1.54, 1.807) is 11.3 Å². The van der Waals surface area contributed by atoms with Crippen molar-refractivity contribution in [2.75, 3.05) is 24.2 Å². The quantitative estimate of drug-likeness (QED) is 0.819. The second kappa shape index (κ2) is 7.24. The van der Waals surface area contributed by atoms with Gasteiger partial charge in [0, 0.05) is 30.5 Å². The molecule has 0 saturated heterocycles. The van der Waals surface area contributed by atoms with Crippen LogP contribution < -0.4 is 10.6 Å². The van der Waals surface area contributed by atoms with Gasteiger partial charge < -0.3 is 10.6 Å². The number of anilines is 2. The molecule has 5 heteroatoms. The van der Waals surface area contributed by atoms with Gasteiger partial charge in [0.15, 0.2) is 0 Å². The Morgan fingerprint density at radius 2 is 2.00 bits per heavy atom. The number of hydrogen-bond acceptors (Lipinski definition) is 5. The van der Waals surface area contributed by atoms with E-state index in [4.69, 9.17) is 0 Å². The summed E-state index contributed by atoms with van der Waals surface area (Å²) in [6.45, 7) is 5.09. The van der Waals surface area contributed by atoms with Gasteiger partial charge in [-0.1, -0.05) is 13.0 Å². The van der Waals surface area contributed by atoms with Crippen molar-refractivity contribution in [3.8, 4) is 0 Å². The Kier molecular flexibility index (Phi) is 5.35. The summed E-state index contributed by atoms with van der Waals surface area (Å²) in [5.74, 6) is 2.77. The second-order valence-electron chi connectivity index (χ2n) is 4.72. The summed E-state index contributed by atoms with van der Waals surface area (Å²) in [6.07, 6.45) is 2.99. The molecule has 0 saturated carbocycles. The van der Waals surface area contributed by atoms with Crippen molar-refractivity contribution in [1.29, 1.82) is 0 Å². The van der Waals surface area contributed by atoms with Gasteiger partial charge in [0.05, 0.1) is 0 Å². The van der Waals surface area contributed by atoms with Crippen LogP contribution in [-0.2, 0) is 12.8 Å². The Balaban J connectivity index is 2.06. The van der Waals surface area contributed by atoms with Gasteiger partial charge in [-0.15, -0.1) is 11.3 Å². The van der Waals surface area contributed by atoms with E-state index in [0.29, 0.717) is 0 Å². The first-order chi connectivity index (χ1) is 9.74. The fourth-order valence-electron chi connectivity index (χ4n) is 2.07. The smallest absolute Gasteiger partial charge is 0.134 e. The zero-order valence-corrected chi connectivity index (χ0v) is 13.2. The molecule has 2 rings (SSSR count). The summed E-state index contributed by atoms with van der Waals surface area (Å²) >= 11 is 1.80. The van der Waals surface area contributed by atoms with E-state index in [0.717, 1.165) is 48.8 Å². The minimum atomic E-state index is 0.896. The van der Waals surface area contributed by atoms with Crippen LogP contribution in [0.2, 0.25) is 0 Å². The molecule has 0 radical (unpaired) electrons. The molecule has 2 heterocycles. The maximum atomic E-state index is 4.63.